The molecule has 3 aromatic rings. The maximum atomic E-state index is 12.6. The fourth-order valence-corrected chi connectivity index (χ4v) is 3.00. The highest BCUT2D eigenvalue weighted by atomic mass is 16.4. The van der Waals surface area contributed by atoms with E-state index in [1.165, 1.54) is 11.1 Å². The number of para-hydroxylation sites is 1. The van der Waals surface area contributed by atoms with Crippen molar-refractivity contribution >= 4 is 11.6 Å². The van der Waals surface area contributed by atoms with Crippen LogP contribution in [0.3, 0.4) is 0 Å². The highest BCUT2D eigenvalue weighted by Gasteiger charge is 2.28. The molecule has 0 saturated carbocycles. The monoisotopic (exact) mass is 319 g/mol. The first-order valence-corrected chi connectivity index (χ1v) is 8.07. The van der Waals surface area contributed by atoms with Gasteiger partial charge in [-0.25, -0.2) is 0 Å². The van der Waals surface area contributed by atoms with Crippen LogP contribution in [0.1, 0.15) is 27.7 Å². The van der Waals surface area contributed by atoms with Crippen molar-refractivity contribution in [3.8, 4) is 0 Å². The van der Waals surface area contributed by atoms with Gasteiger partial charge in [0.2, 0.25) is 5.89 Å². The molecule has 0 radical (unpaired) electrons. The van der Waals surface area contributed by atoms with E-state index in [0.29, 0.717) is 18.9 Å². The van der Waals surface area contributed by atoms with Gasteiger partial charge in [-0.3, -0.25) is 4.79 Å². The second kappa shape index (κ2) is 6.28. The van der Waals surface area contributed by atoms with Gasteiger partial charge < -0.3 is 9.32 Å². The first-order chi connectivity index (χ1) is 11.8. The molecule has 2 aromatic carbocycles. The molecule has 1 aliphatic heterocycles. The Balaban J connectivity index is 1.46. The maximum absolute atomic E-state index is 12.6. The second-order valence-electron chi connectivity index (χ2n) is 5.82. The molecular weight excluding hydrogens is 302 g/mol. The van der Waals surface area contributed by atoms with Crippen LogP contribution < -0.4 is 4.90 Å². The molecule has 1 aliphatic rings. The van der Waals surface area contributed by atoms with Crippen LogP contribution in [0.2, 0.25) is 0 Å². The predicted octanol–water partition coefficient (Wildman–Crippen LogP) is 3.06. The number of aromatic nitrogens is 2. The fourth-order valence-electron chi connectivity index (χ4n) is 3.00. The van der Waals surface area contributed by atoms with Gasteiger partial charge in [0.15, 0.2) is 0 Å². The van der Waals surface area contributed by atoms with Crippen LogP contribution in [0.4, 0.5) is 5.69 Å². The summed E-state index contributed by atoms with van der Waals surface area (Å²) in [4.78, 5) is 14.3. The van der Waals surface area contributed by atoms with Gasteiger partial charge in [0, 0.05) is 18.7 Å². The van der Waals surface area contributed by atoms with E-state index in [4.69, 9.17) is 4.42 Å². The Morgan fingerprint density at radius 2 is 1.79 bits per heavy atom. The van der Waals surface area contributed by atoms with Crippen molar-refractivity contribution in [1.82, 2.24) is 10.2 Å². The number of aryl methyl sites for hydroxylation is 2. The number of anilines is 1. The summed E-state index contributed by atoms with van der Waals surface area (Å²) in [6.45, 7) is 0.653. The molecule has 5 heteroatoms. The zero-order valence-corrected chi connectivity index (χ0v) is 13.2. The molecule has 4 rings (SSSR count). The summed E-state index contributed by atoms with van der Waals surface area (Å²) in [5.74, 6) is 0.336. The van der Waals surface area contributed by atoms with Crippen LogP contribution in [0, 0.1) is 0 Å². The largest absolute Gasteiger partial charge is 0.417 e. The molecule has 24 heavy (non-hydrogen) atoms. The minimum Gasteiger partial charge on any atom is -0.417 e. The molecular formula is C19H17N3O2. The van der Waals surface area contributed by atoms with Crippen molar-refractivity contribution in [1.29, 1.82) is 0 Å². The first kappa shape index (κ1) is 14.6. The molecule has 1 amide bonds. The van der Waals surface area contributed by atoms with Gasteiger partial charge in [-0.2, -0.15) is 0 Å². The molecule has 0 fully saturated rings. The van der Waals surface area contributed by atoms with Gasteiger partial charge in [0.05, 0.1) is 0 Å². The minimum absolute atomic E-state index is 0.0646. The lowest BCUT2D eigenvalue weighted by molar-refractivity contribution is 0.0954. The number of carbonyl (C=O) groups excluding carboxylic acids is 1. The number of benzene rings is 2. The summed E-state index contributed by atoms with van der Waals surface area (Å²) in [5, 5.41) is 7.95. The molecule has 0 atom stereocenters. The van der Waals surface area contributed by atoms with E-state index in [2.05, 4.69) is 22.3 Å². The third kappa shape index (κ3) is 2.80. The minimum atomic E-state index is -0.224. The number of rotatable bonds is 4. The SMILES string of the molecule is O=C(c1nnc(CCc2ccccc2)o1)N1CCc2ccccc21. The lowest BCUT2D eigenvalue weighted by Crippen LogP contribution is -2.29. The van der Waals surface area contributed by atoms with Crippen LogP contribution in [0.25, 0.3) is 0 Å². The van der Waals surface area contributed by atoms with Gasteiger partial charge in [-0.1, -0.05) is 48.5 Å². The van der Waals surface area contributed by atoms with Crippen molar-refractivity contribution in [2.24, 2.45) is 0 Å². The summed E-state index contributed by atoms with van der Waals surface area (Å²) in [7, 11) is 0. The zero-order valence-electron chi connectivity index (χ0n) is 13.2. The molecule has 0 aliphatic carbocycles. The first-order valence-electron chi connectivity index (χ1n) is 8.07. The van der Waals surface area contributed by atoms with Gasteiger partial charge >= 0.3 is 11.8 Å². The zero-order chi connectivity index (χ0) is 16.4. The summed E-state index contributed by atoms with van der Waals surface area (Å²) in [6.07, 6.45) is 2.29. The van der Waals surface area contributed by atoms with E-state index in [1.807, 2.05) is 42.5 Å². The van der Waals surface area contributed by atoms with Crippen molar-refractivity contribution < 1.29 is 9.21 Å². The Bertz CT molecular complexity index is 858. The Kier molecular flexibility index (Phi) is 3.83. The van der Waals surface area contributed by atoms with Crippen molar-refractivity contribution in [2.45, 2.75) is 19.3 Å². The van der Waals surface area contributed by atoms with Crippen molar-refractivity contribution in [3.05, 3.63) is 77.5 Å². The van der Waals surface area contributed by atoms with E-state index in [1.54, 1.807) is 4.90 Å². The molecule has 0 unspecified atom stereocenters. The fraction of sp³-hybridized carbons (Fsp3) is 0.211. The molecule has 2 heterocycles. The van der Waals surface area contributed by atoms with Crippen molar-refractivity contribution in [2.75, 3.05) is 11.4 Å². The number of fused-ring (bicyclic) bond motifs is 1. The van der Waals surface area contributed by atoms with Crippen molar-refractivity contribution in [3.63, 3.8) is 0 Å². The highest BCUT2D eigenvalue weighted by Crippen LogP contribution is 2.28. The number of carbonyl (C=O) groups is 1. The lowest BCUT2D eigenvalue weighted by atomic mass is 10.1. The number of amides is 1. The Hall–Kier alpha value is -2.95. The van der Waals surface area contributed by atoms with E-state index in [0.717, 1.165) is 18.5 Å². The van der Waals surface area contributed by atoms with E-state index < -0.39 is 0 Å². The quantitative estimate of drug-likeness (QED) is 0.741. The lowest BCUT2D eigenvalue weighted by Gasteiger charge is -2.14. The molecule has 0 bridgehead atoms. The molecule has 5 nitrogen and oxygen atoms in total. The summed E-state index contributed by atoms with van der Waals surface area (Å²) in [6, 6.07) is 18.0. The number of nitrogens with zero attached hydrogens (tertiary/aromatic N) is 3. The molecule has 120 valence electrons. The number of hydrogen-bond acceptors (Lipinski definition) is 4. The summed E-state index contributed by atoms with van der Waals surface area (Å²) in [5.41, 5.74) is 3.32. The van der Waals surface area contributed by atoms with E-state index in [-0.39, 0.29) is 11.8 Å². The van der Waals surface area contributed by atoms with E-state index >= 15 is 0 Å². The smallest absolute Gasteiger partial charge is 0.315 e. The van der Waals surface area contributed by atoms with Gasteiger partial charge in [-0.15, -0.1) is 10.2 Å². The third-order valence-corrected chi connectivity index (χ3v) is 4.25. The van der Waals surface area contributed by atoms with Crippen LogP contribution in [-0.2, 0) is 19.3 Å². The molecule has 0 N–H and O–H groups in total. The average Bonchev–Trinajstić information content (AvgIpc) is 3.27. The second-order valence-corrected chi connectivity index (χ2v) is 5.82. The van der Waals surface area contributed by atoms with Crippen LogP contribution in [0.15, 0.2) is 59.0 Å². The third-order valence-electron chi connectivity index (χ3n) is 4.25. The normalized spacial score (nSPS) is 13.1. The Labute approximate surface area is 139 Å². The van der Waals surface area contributed by atoms with Crippen LogP contribution in [0.5, 0.6) is 0 Å². The standard InChI is InChI=1S/C19H17N3O2/c23-19(22-13-12-15-8-4-5-9-16(15)22)18-21-20-17(24-18)11-10-14-6-2-1-3-7-14/h1-9H,10-13H2. The summed E-state index contributed by atoms with van der Waals surface area (Å²) < 4.78 is 5.58. The van der Waals surface area contributed by atoms with Crippen LogP contribution >= 0.6 is 0 Å². The van der Waals surface area contributed by atoms with Gasteiger partial charge in [0.25, 0.3) is 0 Å². The Morgan fingerprint density at radius 1 is 1.00 bits per heavy atom. The van der Waals surface area contributed by atoms with Gasteiger partial charge in [0.1, 0.15) is 0 Å². The highest BCUT2D eigenvalue weighted by molar-refractivity contribution is 6.04. The summed E-state index contributed by atoms with van der Waals surface area (Å²) >= 11 is 0. The molecule has 0 spiro atoms. The Morgan fingerprint density at radius 3 is 2.67 bits per heavy atom. The maximum Gasteiger partial charge on any atom is 0.315 e. The molecule has 0 saturated heterocycles. The average molecular weight is 319 g/mol. The predicted molar refractivity (Wildman–Crippen MR) is 90.0 cm³/mol. The van der Waals surface area contributed by atoms with Gasteiger partial charge in [-0.05, 0) is 30.0 Å². The van der Waals surface area contributed by atoms with E-state index in [9.17, 15) is 4.79 Å². The topological polar surface area (TPSA) is 59.2 Å². The molecule has 1 aromatic heterocycles. The van der Waals surface area contributed by atoms with Crippen LogP contribution in [-0.4, -0.2) is 22.6 Å². The number of hydrogen-bond donors (Lipinski definition) is 0.